The Morgan fingerprint density at radius 2 is 1.97 bits per heavy atom. The number of likely N-dealkylation sites (tertiary alicyclic amines) is 1. The summed E-state index contributed by atoms with van der Waals surface area (Å²) in [4.78, 5) is 19.2. The lowest BCUT2D eigenvalue weighted by molar-refractivity contribution is -0.133. The Morgan fingerprint density at radius 3 is 2.81 bits per heavy atom. The fraction of sp³-hybridized carbons (Fsp3) is 0.448. The number of para-hydroxylation sites is 1. The van der Waals surface area contributed by atoms with Crippen LogP contribution in [0.5, 0.6) is 0 Å². The number of nitrogens with zero attached hydrogens (tertiary/aromatic N) is 3. The van der Waals surface area contributed by atoms with Crippen molar-refractivity contribution in [3.63, 3.8) is 0 Å². The Morgan fingerprint density at radius 1 is 1.16 bits per heavy atom. The van der Waals surface area contributed by atoms with Gasteiger partial charge in [-0.3, -0.25) is 4.79 Å². The molecule has 6 rings (SSSR count). The SMILES string of the molecule is Cn1cc(-c2nc3ccc(CC(=O)N4C[C@@H](F)C[C@H]4COC4CCCCC4)c(F)c3o2)c2ccccc21. The summed E-state index contributed by atoms with van der Waals surface area (Å²) in [6, 6.07) is 10.8. The van der Waals surface area contributed by atoms with E-state index in [1.54, 1.807) is 12.1 Å². The zero-order valence-electron chi connectivity index (χ0n) is 21.0. The van der Waals surface area contributed by atoms with Crippen molar-refractivity contribution in [2.24, 2.45) is 7.05 Å². The molecule has 1 aliphatic carbocycles. The summed E-state index contributed by atoms with van der Waals surface area (Å²) in [7, 11) is 1.94. The fourth-order valence-corrected chi connectivity index (χ4v) is 5.83. The molecular formula is C29H31F2N3O3. The second kappa shape index (κ2) is 9.89. The number of oxazole rings is 1. The van der Waals surface area contributed by atoms with Gasteiger partial charge < -0.3 is 18.6 Å². The quantitative estimate of drug-likeness (QED) is 0.323. The molecule has 2 atom stereocenters. The van der Waals surface area contributed by atoms with Gasteiger partial charge in [0, 0.05) is 36.1 Å². The molecule has 6 nitrogen and oxygen atoms in total. The molecule has 194 valence electrons. The monoisotopic (exact) mass is 507 g/mol. The van der Waals surface area contributed by atoms with Crippen molar-refractivity contribution < 1.29 is 22.7 Å². The normalized spacial score (nSPS) is 20.9. The Balaban J connectivity index is 1.21. The Labute approximate surface area is 214 Å². The number of rotatable bonds is 6. The summed E-state index contributed by atoms with van der Waals surface area (Å²) in [5.41, 5.74) is 2.42. The summed E-state index contributed by atoms with van der Waals surface area (Å²) < 4.78 is 43.7. The molecule has 2 fully saturated rings. The lowest BCUT2D eigenvalue weighted by Gasteiger charge is -2.28. The second-order valence-corrected chi connectivity index (χ2v) is 10.4. The van der Waals surface area contributed by atoms with Crippen molar-refractivity contribution in [3.8, 4) is 11.5 Å². The molecule has 1 amide bonds. The Kier molecular flexibility index (Phi) is 6.44. The second-order valence-electron chi connectivity index (χ2n) is 10.4. The van der Waals surface area contributed by atoms with Gasteiger partial charge in [0.1, 0.15) is 11.7 Å². The molecule has 4 aromatic rings. The predicted octanol–water partition coefficient (Wildman–Crippen LogP) is 5.96. The highest BCUT2D eigenvalue weighted by molar-refractivity contribution is 5.95. The van der Waals surface area contributed by atoms with Crippen LogP contribution in [0.4, 0.5) is 8.78 Å². The van der Waals surface area contributed by atoms with Crippen molar-refractivity contribution in [3.05, 3.63) is 54.0 Å². The number of alkyl halides is 1. The molecule has 2 aromatic carbocycles. The van der Waals surface area contributed by atoms with E-state index in [1.165, 1.54) is 11.3 Å². The zero-order chi connectivity index (χ0) is 25.5. The fourth-order valence-electron chi connectivity index (χ4n) is 5.83. The molecular weight excluding hydrogens is 476 g/mol. The minimum absolute atomic E-state index is 0.0227. The van der Waals surface area contributed by atoms with Crippen LogP contribution in [0, 0.1) is 5.82 Å². The first-order valence-electron chi connectivity index (χ1n) is 13.2. The first-order valence-corrected chi connectivity index (χ1v) is 13.2. The molecule has 0 bridgehead atoms. The standard InChI is InChI=1S/C29H31F2N3O3/c1-33-16-23(22-9-5-6-10-25(22)33)29-32-24-12-11-18(27(31)28(24)37-29)13-26(35)34-15-19(30)14-20(34)17-36-21-7-3-2-4-8-21/h5-6,9-12,16,19-21H,2-4,7-8,13-15,17H2,1H3/t19-,20-/m0/s1. The molecule has 37 heavy (non-hydrogen) atoms. The van der Waals surface area contributed by atoms with E-state index >= 15 is 4.39 Å². The third kappa shape index (κ3) is 4.63. The zero-order valence-corrected chi connectivity index (χ0v) is 21.0. The van der Waals surface area contributed by atoms with Crippen molar-refractivity contribution in [1.82, 2.24) is 14.5 Å². The molecule has 0 N–H and O–H groups in total. The van der Waals surface area contributed by atoms with Crippen LogP contribution in [0.15, 0.2) is 47.0 Å². The minimum Gasteiger partial charge on any atom is -0.433 e. The van der Waals surface area contributed by atoms with E-state index in [9.17, 15) is 9.18 Å². The highest BCUT2D eigenvalue weighted by Gasteiger charge is 2.36. The number of halogens is 2. The molecule has 1 aliphatic heterocycles. The van der Waals surface area contributed by atoms with Crippen molar-refractivity contribution in [2.45, 2.75) is 63.3 Å². The summed E-state index contributed by atoms with van der Waals surface area (Å²) in [6.45, 7) is 0.351. The first kappa shape index (κ1) is 24.1. The van der Waals surface area contributed by atoms with Crippen LogP contribution in [0.25, 0.3) is 33.5 Å². The van der Waals surface area contributed by atoms with E-state index in [2.05, 4.69) is 4.98 Å². The molecule has 2 aliphatic rings. The number of aryl methyl sites for hydroxylation is 1. The van der Waals surface area contributed by atoms with Crippen molar-refractivity contribution >= 4 is 27.9 Å². The Bertz CT molecular complexity index is 1440. The molecule has 0 radical (unpaired) electrons. The lowest BCUT2D eigenvalue weighted by Crippen LogP contribution is -2.40. The maximum Gasteiger partial charge on any atom is 0.229 e. The molecule has 8 heteroatoms. The van der Waals surface area contributed by atoms with Gasteiger partial charge in [-0.2, -0.15) is 0 Å². The average Bonchev–Trinajstić information content (AvgIpc) is 3.60. The van der Waals surface area contributed by atoms with E-state index in [0.717, 1.165) is 42.1 Å². The number of carbonyl (C=O) groups is 1. The van der Waals surface area contributed by atoms with Gasteiger partial charge in [0.2, 0.25) is 11.8 Å². The molecule has 3 heterocycles. The van der Waals surface area contributed by atoms with Crippen LogP contribution < -0.4 is 0 Å². The largest absolute Gasteiger partial charge is 0.433 e. The van der Waals surface area contributed by atoms with Gasteiger partial charge in [-0.1, -0.05) is 43.5 Å². The molecule has 1 saturated carbocycles. The van der Waals surface area contributed by atoms with Gasteiger partial charge in [0.05, 0.1) is 37.3 Å². The molecule has 2 aromatic heterocycles. The van der Waals surface area contributed by atoms with E-state index in [1.807, 2.05) is 42.1 Å². The van der Waals surface area contributed by atoms with Crippen LogP contribution in [0.2, 0.25) is 0 Å². The van der Waals surface area contributed by atoms with E-state index in [-0.39, 0.29) is 48.6 Å². The van der Waals surface area contributed by atoms with Crippen molar-refractivity contribution in [1.29, 1.82) is 0 Å². The van der Waals surface area contributed by atoms with Gasteiger partial charge in [0.25, 0.3) is 0 Å². The average molecular weight is 508 g/mol. The summed E-state index contributed by atoms with van der Waals surface area (Å²) >= 11 is 0. The number of hydrogen-bond acceptors (Lipinski definition) is 4. The third-order valence-electron chi connectivity index (χ3n) is 7.81. The van der Waals surface area contributed by atoms with Gasteiger partial charge in [-0.15, -0.1) is 0 Å². The van der Waals surface area contributed by atoms with Crippen LogP contribution in [-0.4, -0.2) is 51.8 Å². The van der Waals surface area contributed by atoms with Crippen LogP contribution >= 0.6 is 0 Å². The number of carbonyl (C=O) groups excluding carboxylic acids is 1. The van der Waals surface area contributed by atoms with E-state index < -0.39 is 12.0 Å². The van der Waals surface area contributed by atoms with Gasteiger partial charge in [-0.25, -0.2) is 13.8 Å². The topological polar surface area (TPSA) is 60.5 Å². The van der Waals surface area contributed by atoms with E-state index in [4.69, 9.17) is 9.15 Å². The smallest absolute Gasteiger partial charge is 0.229 e. The first-order chi connectivity index (χ1) is 18.0. The van der Waals surface area contributed by atoms with Crippen LogP contribution in [-0.2, 0) is 23.0 Å². The van der Waals surface area contributed by atoms with Crippen molar-refractivity contribution in [2.75, 3.05) is 13.2 Å². The maximum absolute atomic E-state index is 15.5. The molecule has 0 unspecified atom stereocenters. The van der Waals surface area contributed by atoms with Gasteiger partial charge in [-0.05, 0) is 25.0 Å². The van der Waals surface area contributed by atoms with Gasteiger partial charge in [0.15, 0.2) is 11.4 Å². The van der Waals surface area contributed by atoms with Gasteiger partial charge >= 0.3 is 0 Å². The summed E-state index contributed by atoms with van der Waals surface area (Å²) in [5.74, 6) is -0.575. The maximum atomic E-state index is 15.5. The Hall–Kier alpha value is -3.26. The third-order valence-corrected chi connectivity index (χ3v) is 7.81. The summed E-state index contributed by atoms with van der Waals surface area (Å²) in [5, 5.41) is 0.962. The minimum atomic E-state index is -1.09. The van der Waals surface area contributed by atoms with E-state index in [0.29, 0.717) is 18.0 Å². The predicted molar refractivity (Wildman–Crippen MR) is 137 cm³/mol. The van der Waals surface area contributed by atoms with Crippen LogP contribution in [0.1, 0.15) is 44.1 Å². The highest BCUT2D eigenvalue weighted by atomic mass is 19.1. The lowest BCUT2D eigenvalue weighted by atomic mass is 9.98. The van der Waals surface area contributed by atoms with Crippen LogP contribution in [0.3, 0.4) is 0 Å². The number of aromatic nitrogens is 2. The number of amides is 1. The summed E-state index contributed by atoms with van der Waals surface area (Å²) in [6.07, 6.45) is 6.66. The number of benzene rings is 2. The number of ether oxygens (including phenoxy) is 1. The molecule has 1 saturated heterocycles. The number of hydrogen-bond donors (Lipinski definition) is 0. The highest BCUT2D eigenvalue weighted by Crippen LogP contribution is 2.33. The molecule has 0 spiro atoms. The number of fused-ring (bicyclic) bond motifs is 2.